The normalized spacial score (nSPS) is 11.0. The molecule has 0 aliphatic carbocycles. The molecule has 5 nitrogen and oxygen atoms in total. The minimum atomic E-state index is -0.349. The Balaban J connectivity index is 1.99. The Morgan fingerprint density at radius 3 is 2.68 bits per heavy atom. The molecular formula is C17H18N4O. The van der Waals surface area contributed by atoms with E-state index < -0.39 is 0 Å². The van der Waals surface area contributed by atoms with Crippen molar-refractivity contribution < 1.29 is 4.79 Å². The number of amides is 1. The predicted molar refractivity (Wildman–Crippen MR) is 86.7 cm³/mol. The van der Waals surface area contributed by atoms with Crippen LogP contribution in [0.3, 0.4) is 0 Å². The maximum atomic E-state index is 11.2. The van der Waals surface area contributed by atoms with Gasteiger partial charge in [0.15, 0.2) is 0 Å². The van der Waals surface area contributed by atoms with E-state index in [9.17, 15) is 4.79 Å². The molecule has 0 aliphatic heterocycles. The zero-order chi connectivity index (χ0) is 15.5. The van der Waals surface area contributed by atoms with Crippen molar-refractivity contribution in [2.75, 3.05) is 7.05 Å². The van der Waals surface area contributed by atoms with E-state index in [4.69, 9.17) is 5.73 Å². The van der Waals surface area contributed by atoms with Crippen molar-refractivity contribution in [2.45, 2.75) is 13.0 Å². The molecule has 0 radical (unpaired) electrons. The Bertz CT molecular complexity index is 805. The van der Waals surface area contributed by atoms with Crippen molar-refractivity contribution >= 4 is 16.8 Å². The highest BCUT2D eigenvalue weighted by Crippen LogP contribution is 2.20. The number of aromatic nitrogens is 2. The summed E-state index contributed by atoms with van der Waals surface area (Å²) in [6, 6.07) is 14.0. The standard InChI is InChI=1S/C17H18N4O/c1-19-10-12-5-7-15(8-6-12)21-11-14-4-2-3-13(9-16(18)22)17(14)20-21/h2-8,11,19H,9-10H2,1H3,(H2,18,22). The average molecular weight is 294 g/mol. The molecule has 5 heteroatoms. The highest BCUT2D eigenvalue weighted by atomic mass is 16.1. The number of rotatable bonds is 5. The summed E-state index contributed by atoms with van der Waals surface area (Å²) >= 11 is 0. The Morgan fingerprint density at radius 2 is 2.00 bits per heavy atom. The summed E-state index contributed by atoms with van der Waals surface area (Å²) < 4.78 is 1.83. The minimum Gasteiger partial charge on any atom is -0.369 e. The molecule has 112 valence electrons. The van der Waals surface area contributed by atoms with Crippen molar-refractivity contribution in [3.8, 4) is 5.69 Å². The molecule has 1 heterocycles. The van der Waals surface area contributed by atoms with Gasteiger partial charge in [-0.05, 0) is 30.3 Å². The molecule has 0 saturated carbocycles. The zero-order valence-electron chi connectivity index (χ0n) is 12.4. The summed E-state index contributed by atoms with van der Waals surface area (Å²) in [7, 11) is 1.92. The molecule has 1 amide bonds. The fourth-order valence-electron chi connectivity index (χ4n) is 2.54. The van der Waals surface area contributed by atoms with E-state index in [1.807, 2.05) is 48.3 Å². The first-order valence-corrected chi connectivity index (χ1v) is 7.17. The largest absolute Gasteiger partial charge is 0.369 e. The van der Waals surface area contributed by atoms with E-state index in [0.29, 0.717) is 0 Å². The second kappa shape index (κ2) is 5.99. The summed E-state index contributed by atoms with van der Waals surface area (Å²) in [5.41, 5.74) is 9.18. The SMILES string of the molecule is CNCc1ccc(-n2cc3cccc(CC(N)=O)c3n2)cc1. The number of primary amides is 1. The van der Waals surface area contributed by atoms with Gasteiger partial charge in [0, 0.05) is 18.1 Å². The summed E-state index contributed by atoms with van der Waals surface area (Å²) in [5, 5.41) is 8.73. The fourth-order valence-corrected chi connectivity index (χ4v) is 2.54. The average Bonchev–Trinajstić information content (AvgIpc) is 2.93. The van der Waals surface area contributed by atoms with Gasteiger partial charge >= 0.3 is 0 Å². The van der Waals surface area contributed by atoms with Gasteiger partial charge in [0.1, 0.15) is 0 Å². The van der Waals surface area contributed by atoms with E-state index in [2.05, 4.69) is 22.5 Å². The molecule has 1 aromatic heterocycles. The number of hydrogen-bond acceptors (Lipinski definition) is 3. The predicted octanol–water partition coefficient (Wildman–Crippen LogP) is 1.77. The Hall–Kier alpha value is -2.66. The summed E-state index contributed by atoms with van der Waals surface area (Å²) in [6.07, 6.45) is 2.17. The van der Waals surface area contributed by atoms with Gasteiger partial charge < -0.3 is 11.1 Å². The summed E-state index contributed by atoms with van der Waals surface area (Å²) in [4.78, 5) is 11.2. The van der Waals surface area contributed by atoms with E-state index in [1.54, 1.807) is 0 Å². The number of hydrogen-bond donors (Lipinski definition) is 2. The van der Waals surface area contributed by atoms with Gasteiger partial charge in [-0.2, -0.15) is 5.10 Å². The van der Waals surface area contributed by atoms with Crippen molar-refractivity contribution in [3.05, 3.63) is 59.8 Å². The third kappa shape index (κ3) is 2.84. The maximum absolute atomic E-state index is 11.2. The first-order chi connectivity index (χ1) is 10.7. The van der Waals surface area contributed by atoms with E-state index >= 15 is 0 Å². The van der Waals surface area contributed by atoms with Crippen LogP contribution in [0.15, 0.2) is 48.7 Å². The lowest BCUT2D eigenvalue weighted by molar-refractivity contribution is -0.117. The third-order valence-electron chi connectivity index (χ3n) is 3.57. The van der Waals surface area contributed by atoms with Crippen LogP contribution in [0.1, 0.15) is 11.1 Å². The van der Waals surface area contributed by atoms with Crippen LogP contribution >= 0.6 is 0 Å². The van der Waals surface area contributed by atoms with Crippen molar-refractivity contribution in [3.63, 3.8) is 0 Å². The molecule has 3 rings (SSSR count). The van der Waals surface area contributed by atoms with Gasteiger partial charge in [-0.1, -0.05) is 30.3 Å². The molecule has 0 bridgehead atoms. The monoisotopic (exact) mass is 294 g/mol. The van der Waals surface area contributed by atoms with Crippen molar-refractivity contribution in [2.24, 2.45) is 5.73 Å². The van der Waals surface area contributed by atoms with E-state index in [0.717, 1.165) is 28.7 Å². The molecular weight excluding hydrogens is 276 g/mol. The summed E-state index contributed by atoms with van der Waals surface area (Å²) in [5.74, 6) is -0.349. The molecule has 0 atom stereocenters. The Labute approximate surface area is 128 Å². The molecule has 0 spiro atoms. The van der Waals surface area contributed by atoms with Crippen LogP contribution in [0.2, 0.25) is 0 Å². The van der Waals surface area contributed by atoms with Crippen LogP contribution in [-0.4, -0.2) is 22.7 Å². The molecule has 2 aromatic carbocycles. The number of nitrogens with zero attached hydrogens (tertiary/aromatic N) is 2. The highest BCUT2D eigenvalue weighted by Gasteiger charge is 2.09. The van der Waals surface area contributed by atoms with Crippen LogP contribution < -0.4 is 11.1 Å². The summed E-state index contributed by atoms with van der Waals surface area (Å²) in [6.45, 7) is 0.837. The van der Waals surface area contributed by atoms with Crippen LogP contribution in [0.4, 0.5) is 0 Å². The minimum absolute atomic E-state index is 0.204. The van der Waals surface area contributed by atoms with Crippen LogP contribution in [0, 0.1) is 0 Å². The van der Waals surface area contributed by atoms with E-state index in [1.165, 1.54) is 5.56 Å². The van der Waals surface area contributed by atoms with Gasteiger partial charge in [-0.25, -0.2) is 4.68 Å². The third-order valence-corrected chi connectivity index (χ3v) is 3.57. The number of benzene rings is 2. The highest BCUT2D eigenvalue weighted by molar-refractivity contribution is 5.87. The van der Waals surface area contributed by atoms with Gasteiger partial charge in [-0.15, -0.1) is 0 Å². The van der Waals surface area contributed by atoms with Crippen LogP contribution in [0.25, 0.3) is 16.6 Å². The fraction of sp³-hybridized carbons (Fsp3) is 0.176. The first kappa shape index (κ1) is 14.3. The molecule has 3 N–H and O–H groups in total. The first-order valence-electron chi connectivity index (χ1n) is 7.17. The zero-order valence-corrected chi connectivity index (χ0v) is 12.4. The van der Waals surface area contributed by atoms with Gasteiger partial charge in [0.2, 0.25) is 5.91 Å². The van der Waals surface area contributed by atoms with Crippen molar-refractivity contribution in [1.29, 1.82) is 0 Å². The second-order valence-electron chi connectivity index (χ2n) is 5.27. The van der Waals surface area contributed by atoms with Crippen molar-refractivity contribution in [1.82, 2.24) is 15.1 Å². The molecule has 3 aromatic rings. The molecule has 0 aliphatic rings. The maximum Gasteiger partial charge on any atom is 0.221 e. The quantitative estimate of drug-likeness (QED) is 0.753. The number of nitrogens with two attached hydrogens (primary N) is 1. The second-order valence-corrected chi connectivity index (χ2v) is 5.27. The van der Waals surface area contributed by atoms with Gasteiger partial charge in [0.05, 0.1) is 17.6 Å². The topological polar surface area (TPSA) is 72.9 Å². The molecule has 0 fully saturated rings. The van der Waals surface area contributed by atoms with Gasteiger partial charge in [-0.3, -0.25) is 4.79 Å². The Kier molecular flexibility index (Phi) is 3.89. The molecule has 0 saturated heterocycles. The smallest absolute Gasteiger partial charge is 0.221 e. The lowest BCUT2D eigenvalue weighted by Gasteiger charge is -2.03. The molecule has 0 unspecified atom stereocenters. The van der Waals surface area contributed by atoms with Crippen LogP contribution in [-0.2, 0) is 17.8 Å². The molecule has 22 heavy (non-hydrogen) atoms. The van der Waals surface area contributed by atoms with E-state index in [-0.39, 0.29) is 12.3 Å². The number of fused-ring (bicyclic) bond motifs is 1. The van der Waals surface area contributed by atoms with Gasteiger partial charge in [0.25, 0.3) is 0 Å². The van der Waals surface area contributed by atoms with Crippen LogP contribution in [0.5, 0.6) is 0 Å². The number of nitrogens with one attached hydrogen (secondary N) is 1. The Morgan fingerprint density at radius 1 is 1.23 bits per heavy atom. The number of carbonyl (C=O) groups excluding carboxylic acids is 1. The lowest BCUT2D eigenvalue weighted by Crippen LogP contribution is -2.13. The lowest BCUT2D eigenvalue weighted by atomic mass is 10.1. The number of carbonyl (C=O) groups is 1.